The summed E-state index contributed by atoms with van der Waals surface area (Å²) in [5.41, 5.74) is 0.906. The normalized spacial score (nSPS) is 18.0. The average molecular weight is 331 g/mol. The van der Waals surface area contributed by atoms with E-state index in [1.807, 2.05) is 31.0 Å². The number of carbonyl (C=O) groups excluding carboxylic acids is 1. The first kappa shape index (κ1) is 15.9. The topological polar surface area (TPSA) is 71.0 Å². The predicted octanol–water partition coefficient (Wildman–Crippen LogP) is 3.37. The quantitative estimate of drug-likeness (QED) is 0.933. The second-order valence-electron chi connectivity index (χ2n) is 5.85. The van der Waals surface area contributed by atoms with E-state index in [2.05, 4.69) is 20.3 Å². The van der Waals surface area contributed by atoms with E-state index in [4.69, 9.17) is 0 Å². The van der Waals surface area contributed by atoms with Gasteiger partial charge in [-0.2, -0.15) is 0 Å². The van der Waals surface area contributed by atoms with Gasteiger partial charge < -0.3 is 10.2 Å². The van der Waals surface area contributed by atoms with E-state index < -0.39 is 0 Å². The average Bonchev–Trinajstić information content (AvgIpc) is 2.91. The number of rotatable bonds is 3. The lowest BCUT2D eigenvalue weighted by atomic mass is 9.99. The molecule has 1 aliphatic rings. The zero-order valence-electron chi connectivity index (χ0n) is 13.7. The van der Waals surface area contributed by atoms with Gasteiger partial charge >= 0.3 is 0 Å². The number of aromatic nitrogens is 3. The van der Waals surface area contributed by atoms with Crippen LogP contribution in [0.5, 0.6) is 0 Å². The minimum Gasteiger partial charge on any atom is -0.334 e. The molecule has 1 aliphatic heterocycles. The largest absolute Gasteiger partial charge is 0.334 e. The number of anilines is 2. The zero-order valence-corrected chi connectivity index (χ0v) is 14.5. The van der Waals surface area contributed by atoms with Gasteiger partial charge in [0.15, 0.2) is 5.13 Å². The van der Waals surface area contributed by atoms with E-state index in [-0.39, 0.29) is 11.9 Å². The van der Waals surface area contributed by atoms with E-state index >= 15 is 0 Å². The summed E-state index contributed by atoms with van der Waals surface area (Å²) in [7, 11) is 0. The number of likely N-dealkylation sites (tertiary alicyclic amines) is 1. The second kappa shape index (κ2) is 6.62. The highest BCUT2D eigenvalue weighted by molar-refractivity contribution is 7.15. The highest BCUT2D eigenvalue weighted by Crippen LogP contribution is 2.31. The van der Waals surface area contributed by atoms with Crippen LogP contribution in [0.1, 0.15) is 48.6 Å². The van der Waals surface area contributed by atoms with Crippen molar-refractivity contribution in [1.29, 1.82) is 0 Å². The molecule has 122 valence electrons. The first-order chi connectivity index (χ1) is 11.0. The Morgan fingerprint density at radius 3 is 2.87 bits per heavy atom. The smallest absolute Gasteiger partial charge is 0.220 e. The third-order valence-corrected chi connectivity index (χ3v) is 4.79. The zero-order chi connectivity index (χ0) is 16.4. The van der Waals surface area contributed by atoms with E-state index in [0.717, 1.165) is 47.3 Å². The van der Waals surface area contributed by atoms with E-state index in [1.54, 1.807) is 18.3 Å². The van der Waals surface area contributed by atoms with Gasteiger partial charge in [-0.3, -0.25) is 4.79 Å². The van der Waals surface area contributed by atoms with Crippen LogP contribution in [-0.4, -0.2) is 32.3 Å². The lowest BCUT2D eigenvalue weighted by molar-refractivity contribution is -0.132. The summed E-state index contributed by atoms with van der Waals surface area (Å²) in [6.45, 7) is 6.33. The molecule has 0 saturated carbocycles. The minimum absolute atomic E-state index is 0.0431. The molecule has 3 heterocycles. The molecule has 0 spiro atoms. The fraction of sp³-hybridized carbons (Fsp3) is 0.500. The van der Waals surface area contributed by atoms with Gasteiger partial charge in [-0.15, -0.1) is 11.3 Å². The Balaban J connectivity index is 1.88. The molecule has 1 fully saturated rings. The van der Waals surface area contributed by atoms with Crippen molar-refractivity contribution in [2.45, 2.75) is 46.1 Å². The summed E-state index contributed by atoms with van der Waals surface area (Å²) in [4.78, 5) is 28.3. The molecule has 0 aromatic carbocycles. The van der Waals surface area contributed by atoms with Crippen molar-refractivity contribution >= 4 is 28.2 Å². The van der Waals surface area contributed by atoms with E-state index in [9.17, 15) is 4.79 Å². The molecule has 0 aliphatic carbocycles. The predicted molar refractivity (Wildman–Crippen MR) is 90.9 cm³/mol. The van der Waals surface area contributed by atoms with Gasteiger partial charge in [0.2, 0.25) is 5.91 Å². The van der Waals surface area contributed by atoms with Gasteiger partial charge in [0.05, 0.1) is 11.7 Å². The molecule has 1 N–H and O–H groups in total. The Morgan fingerprint density at radius 1 is 1.35 bits per heavy atom. The highest BCUT2D eigenvalue weighted by Gasteiger charge is 2.27. The maximum atomic E-state index is 11.9. The van der Waals surface area contributed by atoms with Crippen molar-refractivity contribution in [3.05, 3.63) is 28.7 Å². The number of amides is 1. The SMILES string of the molecule is CC(=O)N1CCCCC1c1cc(Nc2ncc(C)s2)nc(C)n1. The third kappa shape index (κ3) is 3.67. The standard InChI is InChI=1S/C16H21N5OS/c1-10-9-17-16(23-10)20-15-8-13(18-11(2)19-15)14-6-4-5-7-21(14)12(3)22/h8-9,14H,4-7H2,1-3H3,(H,17,18,19,20). The number of hydrogen-bond donors (Lipinski definition) is 1. The second-order valence-corrected chi connectivity index (χ2v) is 7.09. The van der Waals surface area contributed by atoms with Crippen molar-refractivity contribution < 1.29 is 4.79 Å². The van der Waals surface area contributed by atoms with Crippen molar-refractivity contribution in [2.24, 2.45) is 0 Å². The van der Waals surface area contributed by atoms with Gasteiger partial charge in [0.25, 0.3) is 0 Å². The van der Waals surface area contributed by atoms with Gasteiger partial charge in [-0.1, -0.05) is 0 Å². The van der Waals surface area contributed by atoms with Crippen molar-refractivity contribution in [3.8, 4) is 0 Å². The molecule has 6 nitrogen and oxygen atoms in total. The summed E-state index contributed by atoms with van der Waals surface area (Å²) in [6, 6.07) is 1.98. The number of piperidine rings is 1. The van der Waals surface area contributed by atoms with Crippen LogP contribution >= 0.6 is 11.3 Å². The summed E-state index contributed by atoms with van der Waals surface area (Å²) < 4.78 is 0. The highest BCUT2D eigenvalue weighted by atomic mass is 32.1. The monoisotopic (exact) mass is 331 g/mol. The van der Waals surface area contributed by atoms with Crippen molar-refractivity contribution in [3.63, 3.8) is 0 Å². The molecule has 23 heavy (non-hydrogen) atoms. The number of nitrogens with zero attached hydrogens (tertiary/aromatic N) is 4. The molecule has 0 bridgehead atoms. The summed E-state index contributed by atoms with van der Waals surface area (Å²) in [6.07, 6.45) is 4.96. The van der Waals surface area contributed by atoms with Crippen LogP contribution in [0.15, 0.2) is 12.3 Å². The van der Waals surface area contributed by atoms with Crippen LogP contribution in [0.2, 0.25) is 0 Å². The lowest BCUT2D eigenvalue weighted by Gasteiger charge is -2.34. The molecule has 1 unspecified atom stereocenters. The van der Waals surface area contributed by atoms with Crippen LogP contribution in [0, 0.1) is 13.8 Å². The summed E-state index contributed by atoms with van der Waals surface area (Å²) in [5.74, 6) is 1.54. The van der Waals surface area contributed by atoms with Crippen molar-refractivity contribution in [2.75, 3.05) is 11.9 Å². The van der Waals surface area contributed by atoms with E-state index in [1.165, 1.54) is 0 Å². The molecule has 1 amide bonds. The number of hydrogen-bond acceptors (Lipinski definition) is 6. The Labute approximate surface area is 140 Å². The van der Waals surface area contributed by atoms with Gasteiger partial charge in [-0.25, -0.2) is 15.0 Å². The van der Waals surface area contributed by atoms with Gasteiger partial charge in [0.1, 0.15) is 11.6 Å². The first-order valence-corrected chi connectivity index (χ1v) is 8.67. The molecular weight excluding hydrogens is 310 g/mol. The van der Waals surface area contributed by atoms with Gasteiger partial charge in [-0.05, 0) is 33.1 Å². The van der Waals surface area contributed by atoms with Crippen LogP contribution in [0.3, 0.4) is 0 Å². The summed E-state index contributed by atoms with van der Waals surface area (Å²) >= 11 is 1.59. The van der Waals surface area contributed by atoms with Gasteiger partial charge in [0, 0.05) is 30.6 Å². The first-order valence-electron chi connectivity index (χ1n) is 7.85. The number of aryl methyl sites for hydroxylation is 2. The van der Waals surface area contributed by atoms with Crippen LogP contribution < -0.4 is 5.32 Å². The van der Waals surface area contributed by atoms with Crippen LogP contribution in [-0.2, 0) is 4.79 Å². The van der Waals surface area contributed by atoms with Crippen molar-refractivity contribution in [1.82, 2.24) is 19.9 Å². The Hall–Kier alpha value is -2.02. The summed E-state index contributed by atoms with van der Waals surface area (Å²) in [5, 5.41) is 4.06. The van der Waals surface area contributed by atoms with E-state index in [0.29, 0.717) is 5.82 Å². The number of carbonyl (C=O) groups is 1. The molecule has 3 rings (SSSR count). The molecule has 2 aromatic heterocycles. The molecule has 2 aromatic rings. The molecule has 0 radical (unpaired) electrons. The number of nitrogens with one attached hydrogen (secondary N) is 1. The molecule has 1 saturated heterocycles. The van der Waals surface area contributed by atoms with Crippen LogP contribution in [0.4, 0.5) is 10.9 Å². The molecule has 7 heteroatoms. The fourth-order valence-corrected chi connectivity index (χ4v) is 3.63. The third-order valence-electron chi connectivity index (χ3n) is 3.96. The van der Waals surface area contributed by atoms with Crippen LogP contribution in [0.25, 0.3) is 0 Å². The Bertz CT molecular complexity index is 714. The fourth-order valence-electron chi connectivity index (χ4n) is 2.96. The maximum absolute atomic E-state index is 11.9. The molecular formula is C16H21N5OS. The minimum atomic E-state index is 0.0431. The maximum Gasteiger partial charge on any atom is 0.220 e. The Kier molecular flexibility index (Phi) is 4.56. The molecule has 1 atom stereocenters. The Morgan fingerprint density at radius 2 is 2.17 bits per heavy atom. The lowest BCUT2D eigenvalue weighted by Crippen LogP contribution is -2.37. The number of thiazole rings is 1.